The maximum absolute atomic E-state index is 6.68. The Kier molecular flexibility index (Phi) is 3.88. The second-order valence-corrected chi connectivity index (χ2v) is 9.58. The largest absolute Gasteiger partial charge is 0.130 e. The highest BCUT2D eigenvalue weighted by Gasteiger charge is 2.91. The minimum Gasteiger partial charge on any atom is -0.118 e. The van der Waals surface area contributed by atoms with Gasteiger partial charge in [-0.15, -0.1) is 69.6 Å². The molecule has 0 aromatic rings. The van der Waals surface area contributed by atoms with Crippen molar-refractivity contribution in [2.75, 3.05) is 0 Å². The smallest absolute Gasteiger partial charge is 0.118 e. The fourth-order valence-corrected chi connectivity index (χ4v) is 8.72. The number of hydrogen-bond acceptors (Lipinski definition) is 0. The fraction of sp³-hybridized carbons (Fsp3) is 0.600. The van der Waals surface area contributed by atoms with Crippen molar-refractivity contribution < 1.29 is 0 Å². The van der Waals surface area contributed by atoms with Crippen molar-refractivity contribution in [3.63, 3.8) is 0 Å². The molecule has 20 heavy (non-hydrogen) atoms. The lowest BCUT2D eigenvalue weighted by Gasteiger charge is -2.47. The Labute approximate surface area is 165 Å². The molecule has 0 radical (unpaired) electrons. The van der Waals surface area contributed by atoms with E-state index in [2.05, 4.69) is 0 Å². The molecule has 1 saturated carbocycles. The van der Waals surface area contributed by atoms with Crippen LogP contribution in [0, 0.1) is 0 Å². The number of allylic oxidation sites excluding steroid dienone is 4. The lowest BCUT2D eigenvalue weighted by atomic mass is 9.82. The molecule has 0 heterocycles. The Morgan fingerprint density at radius 1 is 0.700 bits per heavy atom. The molecule has 6 atom stereocenters. The maximum atomic E-state index is 6.68. The summed E-state index contributed by atoms with van der Waals surface area (Å²) in [4.78, 5) is -6.50. The number of alkyl halides is 6. The van der Waals surface area contributed by atoms with Crippen molar-refractivity contribution in [3.05, 3.63) is 20.1 Å². The van der Waals surface area contributed by atoms with Gasteiger partial charge in [-0.25, -0.2) is 0 Å². The molecule has 0 amide bonds. The lowest BCUT2D eigenvalue weighted by molar-refractivity contribution is 0.481. The Morgan fingerprint density at radius 2 is 1.15 bits per heavy atom. The zero-order chi connectivity index (χ0) is 15.5. The van der Waals surface area contributed by atoms with Crippen molar-refractivity contribution in [1.29, 1.82) is 0 Å². The van der Waals surface area contributed by atoms with Crippen LogP contribution >= 0.6 is 116 Å². The molecule has 10 heteroatoms. The number of halogens is 10. The van der Waals surface area contributed by atoms with Crippen LogP contribution in [-0.4, -0.2) is 30.3 Å². The summed E-state index contributed by atoms with van der Waals surface area (Å²) in [6.07, 6.45) is 0. The molecule has 0 N–H and O–H groups in total. The van der Waals surface area contributed by atoms with Crippen molar-refractivity contribution in [3.8, 4) is 0 Å². The summed E-state index contributed by atoms with van der Waals surface area (Å²) in [5.74, 6) is 0. The van der Waals surface area contributed by atoms with E-state index in [0.717, 1.165) is 0 Å². The van der Waals surface area contributed by atoms with Gasteiger partial charge in [0, 0.05) is 0 Å². The van der Waals surface area contributed by atoms with Crippen LogP contribution in [0.4, 0.5) is 0 Å². The van der Waals surface area contributed by atoms with Gasteiger partial charge < -0.3 is 0 Å². The van der Waals surface area contributed by atoms with E-state index < -0.39 is 30.3 Å². The number of hydrogen-bond donors (Lipinski definition) is 0. The normalized spacial score (nSPS) is 57.9. The summed E-state index contributed by atoms with van der Waals surface area (Å²) in [5, 5.41) is -2.02. The molecule has 0 aromatic carbocycles. The summed E-state index contributed by atoms with van der Waals surface area (Å²) in [5.41, 5.74) is 0. The van der Waals surface area contributed by atoms with Crippen LogP contribution in [0.25, 0.3) is 0 Å². The Balaban J connectivity index is 2.46. The average Bonchev–Trinajstić information content (AvgIpc) is 2.70. The van der Waals surface area contributed by atoms with Crippen LogP contribution in [0.5, 0.6) is 0 Å². The van der Waals surface area contributed by atoms with Gasteiger partial charge in [-0.2, -0.15) is 0 Å². The van der Waals surface area contributed by atoms with Gasteiger partial charge in [-0.3, -0.25) is 0 Å². The first-order chi connectivity index (χ1) is 8.95. The van der Waals surface area contributed by atoms with E-state index >= 15 is 0 Å². The third-order valence-electron chi connectivity index (χ3n) is 4.15. The topological polar surface area (TPSA) is 0 Å². The molecule has 3 aliphatic carbocycles. The molecular weight excluding hydrogens is 475 g/mol. The Hall–Kier alpha value is 2.38. The van der Waals surface area contributed by atoms with Crippen molar-refractivity contribution in [2.24, 2.45) is 0 Å². The molecule has 0 saturated heterocycles. The third kappa shape index (κ3) is 1.28. The molecular formula is C10H2Cl10. The molecule has 2 bridgehead atoms. The van der Waals surface area contributed by atoms with E-state index in [0.29, 0.717) is 0 Å². The lowest BCUT2D eigenvalue weighted by Crippen LogP contribution is -2.61. The van der Waals surface area contributed by atoms with E-state index in [1.54, 1.807) is 0 Å². The van der Waals surface area contributed by atoms with E-state index in [9.17, 15) is 0 Å². The highest BCUT2D eigenvalue weighted by Crippen LogP contribution is 2.82. The van der Waals surface area contributed by atoms with Crippen LogP contribution in [0.2, 0.25) is 0 Å². The quantitative estimate of drug-likeness (QED) is 0.349. The van der Waals surface area contributed by atoms with Gasteiger partial charge in [0.25, 0.3) is 0 Å². The van der Waals surface area contributed by atoms with Crippen LogP contribution in [0.15, 0.2) is 20.1 Å². The fourth-order valence-electron chi connectivity index (χ4n) is 3.13. The summed E-state index contributed by atoms with van der Waals surface area (Å²) < 4.78 is 0. The SMILES string of the molecule is ClC1=C(Cl)[C@]2(Cl)[C@](Cl)(C1Cl)[C@]1(Cl)C(Cl)=C(Cl)[C@@]2(Cl)C1Cl. The molecule has 0 nitrogen and oxygen atoms in total. The van der Waals surface area contributed by atoms with Gasteiger partial charge in [-0.05, 0) is 0 Å². The first kappa shape index (κ1) is 17.2. The molecule has 0 spiro atoms. The Bertz CT molecular complexity index is 597. The van der Waals surface area contributed by atoms with E-state index in [1.807, 2.05) is 0 Å². The second-order valence-electron chi connectivity index (χ2n) is 4.81. The molecule has 112 valence electrons. The maximum Gasteiger partial charge on any atom is 0.130 e. The van der Waals surface area contributed by atoms with Crippen LogP contribution < -0.4 is 0 Å². The van der Waals surface area contributed by atoms with Gasteiger partial charge in [0.1, 0.15) is 19.5 Å². The number of rotatable bonds is 0. The zero-order valence-electron chi connectivity index (χ0n) is 8.93. The van der Waals surface area contributed by atoms with Gasteiger partial charge in [-0.1, -0.05) is 46.4 Å². The van der Waals surface area contributed by atoms with E-state index in [-0.39, 0.29) is 20.1 Å². The van der Waals surface area contributed by atoms with Crippen LogP contribution in [0.1, 0.15) is 0 Å². The first-order valence-electron chi connectivity index (χ1n) is 5.10. The zero-order valence-corrected chi connectivity index (χ0v) is 16.5. The van der Waals surface area contributed by atoms with Gasteiger partial charge in [0.05, 0.1) is 30.9 Å². The van der Waals surface area contributed by atoms with Crippen LogP contribution in [-0.2, 0) is 0 Å². The third-order valence-corrected chi connectivity index (χ3v) is 11.4. The first-order valence-corrected chi connectivity index (χ1v) is 9.00. The van der Waals surface area contributed by atoms with Crippen molar-refractivity contribution in [1.82, 2.24) is 0 Å². The predicted octanol–water partition coefficient (Wildman–Crippen LogP) is 6.53. The summed E-state index contributed by atoms with van der Waals surface area (Å²) in [7, 11) is 0. The predicted molar refractivity (Wildman–Crippen MR) is 91.1 cm³/mol. The van der Waals surface area contributed by atoms with E-state index in [4.69, 9.17) is 116 Å². The Morgan fingerprint density at radius 3 is 1.65 bits per heavy atom. The minimum absolute atomic E-state index is 0.00333. The summed E-state index contributed by atoms with van der Waals surface area (Å²) in [6.45, 7) is 0. The molecule has 3 rings (SSSR count). The second kappa shape index (κ2) is 4.51. The van der Waals surface area contributed by atoms with Gasteiger partial charge in [0.2, 0.25) is 0 Å². The molecule has 3 aliphatic rings. The van der Waals surface area contributed by atoms with Gasteiger partial charge in [0.15, 0.2) is 0 Å². The standard InChI is InChI=1S/C10H2Cl10/c11-1-2(12)9(19)7(17)4(14)5(15)8(18,6(7)16)10(9,20)3(1)13/h2,6H/t2?,6?,7-,8+,9-,10+/m0/s1. The summed E-state index contributed by atoms with van der Waals surface area (Å²) in [6, 6.07) is 0. The number of fused-ring (bicyclic) bond motifs is 5. The highest BCUT2D eigenvalue weighted by molar-refractivity contribution is 6.66. The average molecular weight is 477 g/mol. The molecule has 0 aromatic heterocycles. The van der Waals surface area contributed by atoms with E-state index in [1.165, 1.54) is 0 Å². The molecule has 1 fully saturated rings. The van der Waals surface area contributed by atoms with Crippen LogP contribution in [0.3, 0.4) is 0 Å². The van der Waals surface area contributed by atoms with Crippen molar-refractivity contribution in [2.45, 2.75) is 30.3 Å². The monoisotopic (exact) mass is 472 g/mol. The molecule has 0 aliphatic heterocycles. The van der Waals surface area contributed by atoms with Gasteiger partial charge >= 0.3 is 0 Å². The highest BCUT2D eigenvalue weighted by atomic mass is 35.5. The minimum atomic E-state index is -1.67. The summed E-state index contributed by atoms with van der Waals surface area (Å²) >= 11 is 64.0. The molecule has 2 unspecified atom stereocenters. The van der Waals surface area contributed by atoms with Crippen molar-refractivity contribution >= 4 is 116 Å².